The Labute approximate surface area is 184 Å². The molecule has 1 N–H and O–H groups in total. The van der Waals surface area contributed by atoms with E-state index in [4.69, 9.17) is 4.74 Å². The van der Waals surface area contributed by atoms with Crippen molar-refractivity contribution in [3.05, 3.63) is 29.6 Å². The van der Waals surface area contributed by atoms with Gasteiger partial charge in [-0.15, -0.1) is 0 Å². The molecule has 2 aliphatic rings. The number of esters is 1. The van der Waals surface area contributed by atoms with Crippen molar-refractivity contribution in [2.75, 3.05) is 26.8 Å². The minimum Gasteiger partial charge on any atom is -0.493 e. The van der Waals surface area contributed by atoms with Gasteiger partial charge in [0.25, 0.3) is 0 Å². The fourth-order valence-electron chi connectivity index (χ4n) is 4.78. The van der Waals surface area contributed by atoms with Crippen LogP contribution in [0.2, 0.25) is 0 Å². The van der Waals surface area contributed by atoms with E-state index in [9.17, 15) is 14.0 Å². The summed E-state index contributed by atoms with van der Waals surface area (Å²) in [5.41, 5.74) is 0.124. The number of urea groups is 1. The molecule has 1 aliphatic carbocycles. The number of carbonyl (C=O) groups is 2. The molecule has 2 amide bonds. The second-order valence-electron chi connectivity index (χ2n) is 10.1. The lowest BCUT2D eigenvalue weighted by Crippen LogP contribution is -2.54. The zero-order chi connectivity index (χ0) is 22.6. The SMILES string of the molecule is COC(=O)c1ccc(OCCCC2CC3(CCN(C(=O)NC(C)(C)C)CC3)C2)cc1F. The number of rotatable bonds is 6. The number of amides is 2. The van der Waals surface area contributed by atoms with Crippen molar-refractivity contribution < 1.29 is 23.5 Å². The van der Waals surface area contributed by atoms with Crippen molar-refractivity contribution in [1.29, 1.82) is 0 Å². The fourth-order valence-corrected chi connectivity index (χ4v) is 4.78. The normalized spacial score (nSPS) is 18.4. The number of piperidine rings is 1. The average molecular weight is 435 g/mol. The molecule has 0 bridgehead atoms. The Hall–Kier alpha value is -2.31. The third-order valence-electron chi connectivity index (χ3n) is 6.41. The van der Waals surface area contributed by atoms with Crippen LogP contribution < -0.4 is 10.1 Å². The van der Waals surface area contributed by atoms with E-state index in [2.05, 4.69) is 10.1 Å². The third kappa shape index (κ3) is 6.11. The molecule has 1 saturated heterocycles. The summed E-state index contributed by atoms with van der Waals surface area (Å²) in [6.07, 6.45) is 6.64. The maximum absolute atomic E-state index is 13.9. The predicted molar refractivity (Wildman–Crippen MR) is 117 cm³/mol. The molecule has 31 heavy (non-hydrogen) atoms. The minimum atomic E-state index is -0.691. The van der Waals surface area contributed by atoms with Gasteiger partial charge in [0.05, 0.1) is 19.3 Å². The van der Waals surface area contributed by atoms with Gasteiger partial charge in [-0.25, -0.2) is 14.0 Å². The summed E-state index contributed by atoms with van der Waals surface area (Å²) < 4.78 is 24.1. The summed E-state index contributed by atoms with van der Waals surface area (Å²) in [5.74, 6) is -0.190. The summed E-state index contributed by atoms with van der Waals surface area (Å²) in [4.78, 5) is 25.7. The Kier molecular flexibility index (Phi) is 7.12. The van der Waals surface area contributed by atoms with Gasteiger partial charge in [-0.1, -0.05) is 0 Å². The molecule has 1 aromatic carbocycles. The summed E-state index contributed by atoms with van der Waals surface area (Å²) in [6.45, 7) is 8.22. The van der Waals surface area contributed by atoms with Crippen LogP contribution in [-0.2, 0) is 4.74 Å². The molecule has 1 saturated carbocycles. The number of carbonyl (C=O) groups excluding carboxylic acids is 2. The highest BCUT2D eigenvalue weighted by atomic mass is 19.1. The second kappa shape index (κ2) is 9.45. The predicted octanol–water partition coefficient (Wildman–Crippen LogP) is 4.77. The van der Waals surface area contributed by atoms with E-state index in [1.54, 1.807) is 6.07 Å². The quantitative estimate of drug-likeness (QED) is 0.517. The van der Waals surface area contributed by atoms with Gasteiger partial charge < -0.3 is 19.7 Å². The molecule has 0 atom stereocenters. The average Bonchev–Trinajstić information content (AvgIpc) is 2.68. The van der Waals surface area contributed by atoms with Crippen LogP contribution in [0, 0.1) is 17.2 Å². The third-order valence-corrected chi connectivity index (χ3v) is 6.41. The van der Waals surface area contributed by atoms with Crippen molar-refractivity contribution in [2.24, 2.45) is 11.3 Å². The first kappa shape index (κ1) is 23.4. The maximum Gasteiger partial charge on any atom is 0.340 e. The van der Waals surface area contributed by atoms with Gasteiger partial charge in [0.2, 0.25) is 0 Å². The lowest BCUT2D eigenvalue weighted by atomic mass is 9.56. The van der Waals surface area contributed by atoms with E-state index >= 15 is 0 Å². The van der Waals surface area contributed by atoms with Crippen LogP contribution in [-0.4, -0.2) is 49.2 Å². The standard InChI is InChI=1S/C24H35FN2O4/c1-23(2,3)26-22(29)27-11-9-24(10-12-27)15-17(16-24)6-5-13-31-18-7-8-19(20(25)14-18)21(28)30-4/h7-8,14,17H,5-6,9-13,15-16H2,1-4H3,(H,26,29). The minimum absolute atomic E-state index is 0.0476. The van der Waals surface area contributed by atoms with Crippen molar-refractivity contribution in [3.8, 4) is 5.75 Å². The van der Waals surface area contributed by atoms with Gasteiger partial charge in [-0.2, -0.15) is 0 Å². The van der Waals surface area contributed by atoms with Gasteiger partial charge in [0.1, 0.15) is 11.6 Å². The molecule has 1 aliphatic heterocycles. The van der Waals surface area contributed by atoms with Crippen LogP contribution in [0.25, 0.3) is 0 Å². The summed E-state index contributed by atoms with van der Waals surface area (Å²) in [6, 6.07) is 4.26. The number of methoxy groups -OCH3 is 1. The van der Waals surface area contributed by atoms with Crippen LogP contribution in [0.3, 0.4) is 0 Å². The zero-order valence-corrected chi connectivity index (χ0v) is 19.1. The van der Waals surface area contributed by atoms with Crippen molar-refractivity contribution in [1.82, 2.24) is 10.2 Å². The number of nitrogens with one attached hydrogen (secondary N) is 1. The molecular weight excluding hydrogens is 399 g/mol. The Balaban J connectivity index is 1.33. The first-order valence-electron chi connectivity index (χ1n) is 11.2. The first-order chi connectivity index (χ1) is 14.6. The molecule has 7 heteroatoms. The number of nitrogens with zero attached hydrogens (tertiary/aromatic N) is 1. The Bertz CT molecular complexity index is 789. The molecule has 3 rings (SSSR count). The molecule has 2 fully saturated rings. The van der Waals surface area contributed by atoms with E-state index in [0.29, 0.717) is 23.7 Å². The molecule has 0 aromatic heterocycles. The fraction of sp³-hybridized carbons (Fsp3) is 0.667. The summed E-state index contributed by atoms with van der Waals surface area (Å²) in [5, 5.41) is 3.05. The monoisotopic (exact) mass is 434 g/mol. The molecule has 0 unspecified atom stereocenters. The lowest BCUT2D eigenvalue weighted by Gasteiger charge is -2.52. The molecule has 172 valence electrons. The topological polar surface area (TPSA) is 67.9 Å². The Morgan fingerprint density at radius 1 is 1.23 bits per heavy atom. The molecular formula is C24H35FN2O4. The van der Waals surface area contributed by atoms with E-state index in [0.717, 1.165) is 38.8 Å². The maximum atomic E-state index is 13.9. The van der Waals surface area contributed by atoms with Gasteiger partial charge in [0.15, 0.2) is 0 Å². The van der Waals surface area contributed by atoms with E-state index in [1.165, 1.54) is 32.1 Å². The highest BCUT2D eigenvalue weighted by Gasteiger charge is 2.45. The first-order valence-corrected chi connectivity index (χ1v) is 11.2. The number of hydrogen-bond donors (Lipinski definition) is 1. The van der Waals surface area contributed by atoms with Gasteiger partial charge >= 0.3 is 12.0 Å². The van der Waals surface area contributed by atoms with Gasteiger partial charge in [0, 0.05) is 24.7 Å². The Morgan fingerprint density at radius 3 is 2.48 bits per heavy atom. The van der Waals surface area contributed by atoms with Crippen molar-refractivity contribution >= 4 is 12.0 Å². The second-order valence-corrected chi connectivity index (χ2v) is 10.1. The lowest BCUT2D eigenvalue weighted by molar-refractivity contribution is -0.00892. The van der Waals surface area contributed by atoms with Gasteiger partial charge in [-0.05, 0) is 82.8 Å². The molecule has 6 nitrogen and oxygen atoms in total. The molecule has 0 radical (unpaired) electrons. The van der Waals surface area contributed by atoms with E-state index in [1.807, 2.05) is 25.7 Å². The Morgan fingerprint density at radius 2 is 1.90 bits per heavy atom. The van der Waals surface area contributed by atoms with Crippen LogP contribution in [0.4, 0.5) is 9.18 Å². The van der Waals surface area contributed by atoms with Crippen LogP contribution in [0.1, 0.15) is 69.7 Å². The number of halogens is 1. The van der Waals surface area contributed by atoms with Crippen LogP contribution in [0.5, 0.6) is 5.75 Å². The van der Waals surface area contributed by atoms with Crippen molar-refractivity contribution in [3.63, 3.8) is 0 Å². The largest absolute Gasteiger partial charge is 0.493 e. The van der Waals surface area contributed by atoms with E-state index in [-0.39, 0.29) is 17.1 Å². The van der Waals surface area contributed by atoms with Crippen LogP contribution >= 0.6 is 0 Å². The summed E-state index contributed by atoms with van der Waals surface area (Å²) >= 11 is 0. The highest BCUT2D eigenvalue weighted by molar-refractivity contribution is 5.89. The molecule has 1 spiro atoms. The van der Waals surface area contributed by atoms with Gasteiger partial charge in [-0.3, -0.25) is 0 Å². The smallest absolute Gasteiger partial charge is 0.340 e. The highest BCUT2D eigenvalue weighted by Crippen LogP contribution is 2.54. The van der Waals surface area contributed by atoms with Crippen LogP contribution in [0.15, 0.2) is 18.2 Å². The number of hydrogen-bond acceptors (Lipinski definition) is 4. The molecule has 1 aromatic rings. The number of benzene rings is 1. The van der Waals surface area contributed by atoms with Crippen molar-refractivity contribution in [2.45, 2.75) is 64.8 Å². The molecule has 1 heterocycles. The zero-order valence-electron chi connectivity index (χ0n) is 19.1. The summed E-state index contributed by atoms with van der Waals surface area (Å²) in [7, 11) is 1.23. The number of likely N-dealkylation sites (tertiary alicyclic amines) is 1. The van der Waals surface area contributed by atoms with E-state index < -0.39 is 11.8 Å². The number of ether oxygens (including phenoxy) is 2.